The highest BCUT2D eigenvalue weighted by Crippen LogP contribution is 2.24. The molecule has 0 spiro atoms. The van der Waals surface area contributed by atoms with E-state index in [0.717, 1.165) is 0 Å². The minimum Gasteiger partial charge on any atom is -0.478 e. The van der Waals surface area contributed by atoms with E-state index < -0.39 is 24.5 Å². The van der Waals surface area contributed by atoms with Crippen LogP contribution in [0.1, 0.15) is 16.8 Å². The molecule has 98 valence electrons. The lowest BCUT2D eigenvalue weighted by molar-refractivity contribution is -0.0931. The van der Waals surface area contributed by atoms with Crippen LogP contribution in [-0.4, -0.2) is 46.4 Å². The number of carbonyl (C=O) groups is 1. The number of hydrogen-bond donors (Lipinski definition) is 3. The van der Waals surface area contributed by atoms with Crippen molar-refractivity contribution < 1.29 is 29.6 Å². The third kappa shape index (κ3) is 2.79. The van der Waals surface area contributed by atoms with Gasteiger partial charge in [0.25, 0.3) is 0 Å². The molecule has 3 N–H and O–H groups in total. The Labute approximate surface area is 103 Å². The first kappa shape index (κ1) is 12.8. The smallest absolute Gasteiger partial charge is 0.335 e. The first-order chi connectivity index (χ1) is 8.60. The van der Waals surface area contributed by atoms with E-state index in [1.165, 1.54) is 24.3 Å². The van der Waals surface area contributed by atoms with Crippen molar-refractivity contribution in [1.82, 2.24) is 0 Å². The number of carboxylic acids is 1. The zero-order valence-electron chi connectivity index (χ0n) is 9.52. The van der Waals surface area contributed by atoms with E-state index in [1.54, 1.807) is 0 Å². The van der Waals surface area contributed by atoms with Gasteiger partial charge in [-0.3, -0.25) is 0 Å². The van der Waals surface area contributed by atoms with Crippen molar-refractivity contribution in [2.75, 3.05) is 6.61 Å². The van der Waals surface area contributed by atoms with E-state index in [1.807, 2.05) is 0 Å². The average molecular weight is 254 g/mol. The molecule has 1 aliphatic heterocycles. The zero-order chi connectivity index (χ0) is 13.1. The maximum atomic E-state index is 10.7. The summed E-state index contributed by atoms with van der Waals surface area (Å²) in [7, 11) is 0. The molecule has 6 heteroatoms. The predicted octanol–water partition coefficient (Wildman–Crippen LogP) is 0.232. The van der Waals surface area contributed by atoms with Gasteiger partial charge in [-0.1, -0.05) is 0 Å². The minimum atomic E-state index is -1.01. The van der Waals surface area contributed by atoms with Crippen LogP contribution >= 0.6 is 0 Å². The highest BCUT2D eigenvalue weighted by Gasteiger charge is 2.34. The molecule has 0 aromatic heterocycles. The molecule has 6 nitrogen and oxygen atoms in total. The van der Waals surface area contributed by atoms with Gasteiger partial charge in [0.05, 0.1) is 18.3 Å². The van der Waals surface area contributed by atoms with E-state index in [4.69, 9.17) is 19.7 Å². The lowest BCUT2D eigenvalue weighted by atomic mass is 10.2. The summed E-state index contributed by atoms with van der Waals surface area (Å²) in [6.07, 6.45) is -1.74. The van der Waals surface area contributed by atoms with Crippen molar-refractivity contribution in [1.29, 1.82) is 0 Å². The molecule has 0 amide bonds. The maximum absolute atomic E-state index is 10.7. The van der Waals surface area contributed by atoms with Gasteiger partial charge in [-0.2, -0.15) is 0 Å². The van der Waals surface area contributed by atoms with Crippen molar-refractivity contribution in [2.24, 2.45) is 0 Å². The third-order valence-corrected chi connectivity index (χ3v) is 2.74. The summed E-state index contributed by atoms with van der Waals surface area (Å²) < 4.78 is 10.7. The second-order valence-corrected chi connectivity index (χ2v) is 4.04. The Hall–Kier alpha value is -1.63. The van der Waals surface area contributed by atoms with Crippen LogP contribution in [0, 0.1) is 0 Å². The van der Waals surface area contributed by atoms with Crippen molar-refractivity contribution in [3.05, 3.63) is 29.8 Å². The minimum absolute atomic E-state index is 0.169. The molecular formula is C12H14O6. The largest absolute Gasteiger partial charge is 0.478 e. The first-order valence-electron chi connectivity index (χ1n) is 5.54. The van der Waals surface area contributed by atoms with Crippen molar-refractivity contribution in [3.8, 4) is 5.75 Å². The maximum Gasteiger partial charge on any atom is 0.335 e. The topological polar surface area (TPSA) is 96.2 Å². The molecule has 0 saturated carbocycles. The molecule has 2 rings (SSSR count). The van der Waals surface area contributed by atoms with Gasteiger partial charge in [-0.25, -0.2) is 4.79 Å². The Morgan fingerprint density at radius 3 is 2.56 bits per heavy atom. The number of aliphatic hydroxyl groups is 2. The molecule has 0 radical (unpaired) electrons. The molecular weight excluding hydrogens is 240 g/mol. The number of ether oxygens (including phenoxy) is 2. The summed E-state index contributed by atoms with van der Waals surface area (Å²) in [5.74, 6) is -0.551. The van der Waals surface area contributed by atoms with Gasteiger partial charge >= 0.3 is 5.97 Å². The predicted molar refractivity (Wildman–Crippen MR) is 60.4 cm³/mol. The number of rotatable bonds is 4. The van der Waals surface area contributed by atoms with Crippen LogP contribution in [0.3, 0.4) is 0 Å². The van der Waals surface area contributed by atoms with E-state index in [0.29, 0.717) is 5.75 Å². The first-order valence-corrected chi connectivity index (χ1v) is 5.54. The number of carboxylic acid groups (broad SMARTS) is 1. The molecule has 1 aromatic carbocycles. The number of aromatic carboxylic acids is 1. The summed E-state index contributed by atoms with van der Waals surface area (Å²) in [5.41, 5.74) is 0.169. The van der Waals surface area contributed by atoms with E-state index in [2.05, 4.69) is 0 Å². The van der Waals surface area contributed by atoms with Gasteiger partial charge in [-0.05, 0) is 24.3 Å². The van der Waals surface area contributed by atoms with Crippen LogP contribution in [0.4, 0.5) is 0 Å². The zero-order valence-corrected chi connectivity index (χ0v) is 9.52. The fourth-order valence-electron chi connectivity index (χ4n) is 1.76. The summed E-state index contributed by atoms with van der Waals surface area (Å²) in [4.78, 5) is 10.7. The van der Waals surface area contributed by atoms with Gasteiger partial charge in [-0.15, -0.1) is 0 Å². The fourth-order valence-corrected chi connectivity index (χ4v) is 1.76. The lowest BCUT2D eigenvalue weighted by Crippen LogP contribution is -2.24. The third-order valence-electron chi connectivity index (χ3n) is 2.74. The highest BCUT2D eigenvalue weighted by atomic mass is 16.7. The monoisotopic (exact) mass is 254 g/mol. The average Bonchev–Trinajstić information content (AvgIpc) is 2.70. The fraction of sp³-hybridized carbons (Fsp3) is 0.417. The molecule has 0 bridgehead atoms. The van der Waals surface area contributed by atoms with Crippen molar-refractivity contribution in [3.63, 3.8) is 0 Å². The summed E-state index contributed by atoms with van der Waals surface area (Å²) in [6.45, 7) is -0.265. The molecule has 3 atom stereocenters. The van der Waals surface area contributed by atoms with Gasteiger partial charge in [0.1, 0.15) is 11.9 Å². The molecule has 1 fully saturated rings. The number of aliphatic hydroxyl groups excluding tert-OH is 2. The van der Waals surface area contributed by atoms with Gasteiger partial charge in [0, 0.05) is 6.42 Å². The SMILES string of the molecule is O=C(O)c1ccc(OC2CC(O)C(CO)O2)cc1. The van der Waals surface area contributed by atoms with Gasteiger partial charge in [0.2, 0.25) is 6.29 Å². The molecule has 1 aliphatic rings. The van der Waals surface area contributed by atoms with Gasteiger partial charge < -0.3 is 24.8 Å². The molecule has 1 aromatic rings. The normalized spacial score (nSPS) is 27.1. The second kappa shape index (κ2) is 5.34. The summed E-state index contributed by atoms with van der Waals surface area (Å²) in [6, 6.07) is 5.88. The van der Waals surface area contributed by atoms with E-state index >= 15 is 0 Å². The second-order valence-electron chi connectivity index (χ2n) is 4.04. The Bertz CT molecular complexity index is 415. The Morgan fingerprint density at radius 2 is 2.06 bits per heavy atom. The quantitative estimate of drug-likeness (QED) is 0.712. The van der Waals surface area contributed by atoms with Crippen LogP contribution in [0.2, 0.25) is 0 Å². The van der Waals surface area contributed by atoms with Crippen LogP contribution in [0.25, 0.3) is 0 Å². The van der Waals surface area contributed by atoms with Crippen molar-refractivity contribution in [2.45, 2.75) is 24.9 Å². The molecule has 1 saturated heterocycles. The van der Waals surface area contributed by atoms with Crippen molar-refractivity contribution >= 4 is 5.97 Å². The Balaban J connectivity index is 1.96. The van der Waals surface area contributed by atoms with Crippen LogP contribution in [-0.2, 0) is 4.74 Å². The highest BCUT2D eigenvalue weighted by molar-refractivity contribution is 5.87. The van der Waals surface area contributed by atoms with Crippen LogP contribution in [0.5, 0.6) is 5.75 Å². The lowest BCUT2D eigenvalue weighted by Gasteiger charge is -2.14. The summed E-state index contributed by atoms with van der Waals surface area (Å²) in [5, 5.41) is 27.2. The molecule has 18 heavy (non-hydrogen) atoms. The Kier molecular flexibility index (Phi) is 3.81. The van der Waals surface area contributed by atoms with Crippen LogP contribution in [0.15, 0.2) is 24.3 Å². The molecule has 3 unspecified atom stereocenters. The van der Waals surface area contributed by atoms with Crippen LogP contribution < -0.4 is 4.74 Å². The van der Waals surface area contributed by atoms with E-state index in [9.17, 15) is 9.90 Å². The summed E-state index contributed by atoms with van der Waals surface area (Å²) >= 11 is 0. The molecule has 1 heterocycles. The number of benzene rings is 1. The van der Waals surface area contributed by atoms with Gasteiger partial charge in [0.15, 0.2) is 0 Å². The molecule has 0 aliphatic carbocycles. The van der Waals surface area contributed by atoms with E-state index in [-0.39, 0.29) is 18.6 Å². The Morgan fingerprint density at radius 1 is 1.39 bits per heavy atom. The standard InChI is InChI=1S/C12H14O6/c13-6-10-9(14)5-11(18-10)17-8-3-1-7(2-4-8)12(15)16/h1-4,9-11,13-14H,5-6H2,(H,15,16). The number of hydrogen-bond acceptors (Lipinski definition) is 5.